The molecule has 1 fully saturated rings. The van der Waals surface area contributed by atoms with Crippen molar-refractivity contribution >= 4 is 5.91 Å². The quantitative estimate of drug-likeness (QED) is 0.478. The van der Waals surface area contributed by atoms with E-state index in [1.165, 1.54) is 0 Å². The average molecular weight is 216 g/mol. The molecule has 0 aromatic carbocycles. The molecule has 1 heterocycles. The van der Waals surface area contributed by atoms with E-state index in [2.05, 4.69) is 17.6 Å². The zero-order valence-corrected chi connectivity index (χ0v) is 9.07. The van der Waals surface area contributed by atoms with Gasteiger partial charge in [0.2, 0.25) is 5.91 Å². The van der Waals surface area contributed by atoms with Crippen LogP contribution in [0.5, 0.6) is 0 Å². The Balaban J connectivity index is 2.38. The summed E-state index contributed by atoms with van der Waals surface area (Å²) in [6.07, 6.45) is 1.91. The zero-order chi connectivity index (χ0) is 11.3. The summed E-state index contributed by atoms with van der Waals surface area (Å²) in [5.41, 5.74) is 0. The minimum absolute atomic E-state index is 0.130. The molecule has 4 N–H and O–H groups in total. The molecule has 1 saturated heterocycles. The van der Waals surface area contributed by atoms with Crippen molar-refractivity contribution in [3.63, 3.8) is 0 Å². The van der Waals surface area contributed by atoms with Crippen LogP contribution in [-0.2, 0) is 4.79 Å². The van der Waals surface area contributed by atoms with E-state index in [1.54, 1.807) is 0 Å². The zero-order valence-electron chi connectivity index (χ0n) is 9.07. The fourth-order valence-corrected chi connectivity index (χ4v) is 1.76. The smallest absolute Gasteiger partial charge is 0.237 e. The summed E-state index contributed by atoms with van der Waals surface area (Å²) < 4.78 is 0. The highest BCUT2D eigenvalue weighted by Crippen LogP contribution is 2.14. The van der Waals surface area contributed by atoms with E-state index in [4.69, 9.17) is 10.2 Å². The molecule has 1 rings (SSSR count). The first-order chi connectivity index (χ1) is 7.17. The normalized spacial score (nSPS) is 26.7. The number of aliphatic hydroxyl groups is 2. The number of rotatable bonds is 4. The first-order valence-corrected chi connectivity index (χ1v) is 5.42. The van der Waals surface area contributed by atoms with Crippen LogP contribution < -0.4 is 10.6 Å². The van der Waals surface area contributed by atoms with Crippen LogP contribution >= 0.6 is 0 Å². The Morgan fingerprint density at radius 2 is 2.20 bits per heavy atom. The molecule has 1 amide bonds. The second-order valence-electron chi connectivity index (χ2n) is 4.21. The van der Waals surface area contributed by atoms with Gasteiger partial charge in [0.15, 0.2) is 0 Å². The molecule has 0 aliphatic carbocycles. The topological polar surface area (TPSA) is 81.6 Å². The lowest BCUT2D eigenvalue weighted by Gasteiger charge is -2.28. The van der Waals surface area contributed by atoms with Gasteiger partial charge in [-0.1, -0.05) is 6.92 Å². The monoisotopic (exact) mass is 216 g/mol. The highest BCUT2D eigenvalue weighted by molar-refractivity contribution is 5.82. The van der Waals surface area contributed by atoms with E-state index >= 15 is 0 Å². The molecule has 5 heteroatoms. The number of hydrogen-bond acceptors (Lipinski definition) is 4. The molecular formula is C10H20N2O3. The van der Waals surface area contributed by atoms with Crippen molar-refractivity contribution in [3.05, 3.63) is 0 Å². The Labute approximate surface area is 89.9 Å². The van der Waals surface area contributed by atoms with Crippen molar-refractivity contribution in [2.45, 2.75) is 31.8 Å². The molecule has 88 valence electrons. The third-order valence-corrected chi connectivity index (χ3v) is 2.77. The van der Waals surface area contributed by atoms with Crippen molar-refractivity contribution in [1.82, 2.24) is 10.6 Å². The summed E-state index contributed by atoms with van der Waals surface area (Å²) in [6, 6.07) is -0.731. The minimum atomic E-state index is -0.545. The third-order valence-electron chi connectivity index (χ3n) is 2.77. The van der Waals surface area contributed by atoms with Gasteiger partial charge in [-0.3, -0.25) is 4.79 Å². The van der Waals surface area contributed by atoms with Gasteiger partial charge in [0.05, 0.1) is 25.3 Å². The standard InChI is InChI=1S/C10H20N2O3/c1-7-2-3-11-9(4-7)10(15)12-8(5-13)6-14/h7-9,11,13-14H,2-6H2,1H3,(H,12,15). The third kappa shape index (κ3) is 3.77. The van der Waals surface area contributed by atoms with E-state index in [1.807, 2.05) is 0 Å². The lowest BCUT2D eigenvalue weighted by atomic mass is 9.94. The van der Waals surface area contributed by atoms with Gasteiger partial charge in [-0.05, 0) is 25.3 Å². The molecule has 2 atom stereocenters. The minimum Gasteiger partial charge on any atom is -0.394 e. The molecule has 5 nitrogen and oxygen atoms in total. The van der Waals surface area contributed by atoms with Crippen LogP contribution in [0.4, 0.5) is 0 Å². The van der Waals surface area contributed by atoms with Crippen LogP contribution in [0.25, 0.3) is 0 Å². The van der Waals surface area contributed by atoms with Crippen LogP contribution in [0.3, 0.4) is 0 Å². The fraction of sp³-hybridized carbons (Fsp3) is 0.900. The number of carbonyl (C=O) groups excluding carboxylic acids is 1. The van der Waals surface area contributed by atoms with Gasteiger partial charge < -0.3 is 20.8 Å². The van der Waals surface area contributed by atoms with Gasteiger partial charge in [-0.25, -0.2) is 0 Å². The number of carbonyl (C=O) groups is 1. The van der Waals surface area contributed by atoms with Crippen molar-refractivity contribution in [2.24, 2.45) is 5.92 Å². The Hall–Kier alpha value is -0.650. The Morgan fingerprint density at radius 3 is 2.73 bits per heavy atom. The molecule has 0 radical (unpaired) electrons. The molecular weight excluding hydrogens is 196 g/mol. The summed E-state index contributed by atoms with van der Waals surface area (Å²) in [7, 11) is 0. The Kier molecular flexibility index (Phi) is 5.01. The van der Waals surface area contributed by atoms with E-state index in [0.717, 1.165) is 19.4 Å². The average Bonchev–Trinajstić information content (AvgIpc) is 2.25. The largest absolute Gasteiger partial charge is 0.394 e. The molecule has 0 aromatic rings. The second kappa shape index (κ2) is 6.05. The molecule has 0 spiro atoms. The summed E-state index contributed by atoms with van der Waals surface area (Å²) in [6.45, 7) is 2.51. The maximum atomic E-state index is 11.7. The summed E-state index contributed by atoms with van der Waals surface area (Å²) in [5.74, 6) is 0.415. The molecule has 1 aliphatic heterocycles. The molecule has 15 heavy (non-hydrogen) atoms. The van der Waals surface area contributed by atoms with Crippen molar-refractivity contribution < 1.29 is 15.0 Å². The van der Waals surface area contributed by atoms with E-state index < -0.39 is 6.04 Å². The van der Waals surface area contributed by atoms with Crippen LogP contribution in [0.2, 0.25) is 0 Å². The number of amides is 1. The van der Waals surface area contributed by atoms with Gasteiger partial charge in [-0.2, -0.15) is 0 Å². The van der Waals surface area contributed by atoms with Crippen LogP contribution in [0.1, 0.15) is 19.8 Å². The predicted octanol–water partition coefficient (Wildman–Crippen LogP) is -1.16. The van der Waals surface area contributed by atoms with E-state index in [0.29, 0.717) is 5.92 Å². The number of nitrogens with one attached hydrogen (secondary N) is 2. The lowest BCUT2D eigenvalue weighted by Crippen LogP contribution is -2.52. The van der Waals surface area contributed by atoms with Crippen LogP contribution in [0.15, 0.2) is 0 Å². The van der Waals surface area contributed by atoms with Crippen LogP contribution in [0, 0.1) is 5.92 Å². The van der Waals surface area contributed by atoms with Gasteiger partial charge in [-0.15, -0.1) is 0 Å². The van der Waals surface area contributed by atoms with Gasteiger partial charge in [0.1, 0.15) is 0 Å². The SMILES string of the molecule is CC1CCNC(C(=O)NC(CO)CO)C1. The first-order valence-electron chi connectivity index (χ1n) is 5.42. The number of piperidine rings is 1. The predicted molar refractivity (Wildman–Crippen MR) is 56.3 cm³/mol. The number of aliphatic hydroxyl groups excluding tert-OH is 2. The van der Waals surface area contributed by atoms with Crippen molar-refractivity contribution in [1.29, 1.82) is 0 Å². The fourth-order valence-electron chi connectivity index (χ4n) is 1.76. The molecule has 2 unspecified atom stereocenters. The van der Waals surface area contributed by atoms with E-state index in [9.17, 15) is 4.79 Å². The Morgan fingerprint density at radius 1 is 1.53 bits per heavy atom. The summed E-state index contributed by atoms with van der Waals surface area (Å²) >= 11 is 0. The van der Waals surface area contributed by atoms with Gasteiger partial charge in [0.25, 0.3) is 0 Å². The van der Waals surface area contributed by atoms with Gasteiger partial charge >= 0.3 is 0 Å². The Bertz CT molecular complexity index is 207. The number of hydrogen-bond donors (Lipinski definition) is 4. The van der Waals surface area contributed by atoms with Crippen molar-refractivity contribution in [3.8, 4) is 0 Å². The summed E-state index contributed by atoms with van der Waals surface area (Å²) in [4.78, 5) is 11.7. The van der Waals surface area contributed by atoms with Gasteiger partial charge in [0, 0.05) is 0 Å². The van der Waals surface area contributed by atoms with E-state index in [-0.39, 0.29) is 25.2 Å². The lowest BCUT2D eigenvalue weighted by molar-refractivity contribution is -0.125. The summed E-state index contributed by atoms with van der Waals surface area (Å²) in [5, 5.41) is 23.4. The molecule has 0 bridgehead atoms. The molecule has 0 aromatic heterocycles. The maximum Gasteiger partial charge on any atom is 0.237 e. The van der Waals surface area contributed by atoms with Crippen molar-refractivity contribution in [2.75, 3.05) is 19.8 Å². The highest BCUT2D eigenvalue weighted by Gasteiger charge is 2.25. The molecule has 1 aliphatic rings. The molecule has 0 saturated carbocycles. The first kappa shape index (κ1) is 12.4. The second-order valence-corrected chi connectivity index (χ2v) is 4.21. The maximum absolute atomic E-state index is 11.7. The highest BCUT2D eigenvalue weighted by atomic mass is 16.3. The van der Waals surface area contributed by atoms with Crippen LogP contribution in [-0.4, -0.2) is 48.0 Å².